The number of hydrogen-bond donors (Lipinski definition) is 0. The van der Waals surface area contributed by atoms with E-state index in [1.807, 2.05) is 18.2 Å². The van der Waals surface area contributed by atoms with Crippen LogP contribution in [0, 0.1) is 5.92 Å². The van der Waals surface area contributed by atoms with E-state index in [1.54, 1.807) is 12.3 Å². The molecule has 0 atom stereocenters. The van der Waals surface area contributed by atoms with Gasteiger partial charge in [-0.15, -0.1) is 0 Å². The molecule has 0 amide bonds. The molecule has 1 heterocycles. The summed E-state index contributed by atoms with van der Waals surface area (Å²) in [5.41, 5.74) is 1.28. The zero-order valence-corrected chi connectivity index (χ0v) is 10.8. The number of aromatic nitrogens is 1. The number of hydrogen-bond acceptors (Lipinski definition) is 4. The molecule has 0 unspecified atom stereocenters. The maximum Gasteiger partial charge on any atom is 0.338 e. The summed E-state index contributed by atoms with van der Waals surface area (Å²) in [5, 5.41) is 0.766. The van der Waals surface area contributed by atoms with Crippen molar-refractivity contribution in [2.75, 3.05) is 13.7 Å². The molecule has 0 saturated heterocycles. The monoisotopic (exact) mass is 257 g/mol. The van der Waals surface area contributed by atoms with Crippen molar-refractivity contribution in [2.45, 2.75) is 12.8 Å². The van der Waals surface area contributed by atoms with E-state index >= 15 is 0 Å². The second-order valence-electron chi connectivity index (χ2n) is 4.78. The maximum atomic E-state index is 11.7. The molecule has 0 N–H and O–H groups in total. The summed E-state index contributed by atoms with van der Waals surface area (Å²) >= 11 is 0. The van der Waals surface area contributed by atoms with Crippen molar-refractivity contribution < 1.29 is 14.3 Å². The summed E-state index contributed by atoms with van der Waals surface area (Å²) in [5.74, 6) is 1.12. The second-order valence-corrected chi connectivity index (χ2v) is 4.78. The number of rotatable bonds is 4. The Morgan fingerprint density at radius 1 is 1.37 bits per heavy atom. The molecule has 19 heavy (non-hydrogen) atoms. The molecular weight excluding hydrogens is 242 g/mol. The molecule has 2 aromatic rings. The lowest BCUT2D eigenvalue weighted by Gasteiger charge is -2.08. The van der Waals surface area contributed by atoms with E-state index in [-0.39, 0.29) is 5.97 Å². The molecule has 0 spiro atoms. The maximum absolute atomic E-state index is 11.7. The molecule has 1 aliphatic carbocycles. The predicted octanol–water partition coefficient (Wildman–Crippen LogP) is 2.81. The number of carbonyl (C=O) groups is 1. The zero-order valence-electron chi connectivity index (χ0n) is 10.8. The lowest BCUT2D eigenvalue weighted by Crippen LogP contribution is -2.03. The summed E-state index contributed by atoms with van der Waals surface area (Å²) in [6, 6.07) is 7.28. The smallest absolute Gasteiger partial charge is 0.338 e. The Labute approximate surface area is 111 Å². The first-order chi connectivity index (χ1) is 9.28. The van der Waals surface area contributed by atoms with Crippen molar-refractivity contribution in [1.82, 2.24) is 4.98 Å². The largest absolute Gasteiger partial charge is 0.493 e. The molecule has 4 heteroatoms. The van der Waals surface area contributed by atoms with Gasteiger partial charge in [-0.25, -0.2) is 4.79 Å². The van der Waals surface area contributed by atoms with Crippen molar-refractivity contribution >= 4 is 16.9 Å². The van der Waals surface area contributed by atoms with Crippen LogP contribution >= 0.6 is 0 Å². The minimum Gasteiger partial charge on any atom is -0.493 e. The first-order valence-electron chi connectivity index (χ1n) is 6.38. The van der Waals surface area contributed by atoms with Gasteiger partial charge in [0, 0.05) is 11.6 Å². The summed E-state index contributed by atoms with van der Waals surface area (Å²) in [4.78, 5) is 16.0. The van der Waals surface area contributed by atoms with Crippen LogP contribution in [0.15, 0.2) is 30.5 Å². The van der Waals surface area contributed by atoms with Crippen LogP contribution in [0.3, 0.4) is 0 Å². The zero-order chi connectivity index (χ0) is 13.2. The molecule has 3 rings (SSSR count). The third-order valence-corrected chi connectivity index (χ3v) is 3.30. The van der Waals surface area contributed by atoms with Crippen LogP contribution in [0.2, 0.25) is 0 Å². The van der Waals surface area contributed by atoms with E-state index in [1.165, 1.54) is 20.0 Å². The van der Waals surface area contributed by atoms with E-state index in [0.717, 1.165) is 23.3 Å². The fourth-order valence-corrected chi connectivity index (χ4v) is 2.00. The fourth-order valence-electron chi connectivity index (χ4n) is 2.00. The quantitative estimate of drug-likeness (QED) is 0.790. The third-order valence-electron chi connectivity index (χ3n) is 3.30. The van der Waals surface area contributed by atoms with Gasteiger partial charge in [0.05, 0.1) is 24.8 Å². The molecule has 98 valence electrons. The average Bonchev–Trinajstić information content (AvgIpc) is 3.27. The topological polar surface area (TPSA) is 48.4 Å². The van der Waals surface area contributed by atoms with Gasteiger partial charge in [0.2, 0.25) is 0 Å². The Bertz CT molecular complexity index is 620. The van der Waals surface area contributed by atoms with Crippen LogP contribution in [0.1, 0.15) is 23.2 Å². The van der Waals surface area contributed by atoms with Gasteiger partial charge in [-0.3, -0.25) is 4.98 Å². The van der Waals surface area contributed by atoms with E-state index in [0.29, 0.717) is 11.5 Å². The van der Waals surface area contributed by atoms with Crippen molar-refractivity contribution in [3.63, 3.8) is 0 Å². The van der Waals surface area contributed by atoms with Gasteiger partial charge in [0.15, 0.2) is 0 Å². The van der Waals surface area contributed by atoms with Crippen LogP contribution in [0.5, 0.6) is 5.75 Å². The van der Waals surface area contributed by atoms with Gasteiger partial charge in [0.1, 0.15) is 5.75 Å². The van der Waals surface area contributed by atoms with Gasteiger partial charge in [-0.05, 0) is 43.0 Å². The fraction of sp³-hybridized carbons (Fsp3) is 0.333. The molecule has 1 aromatic carbocycles. The highest BCUT2D eigenvalue weighted by Crippen LogP contribution is 2.30. The number of ether oxygens (including phenoxy) is 2. The Morgan fingerprint density at radius 3 is 2.95 bits per heavy atom. The van der Waals surface area contributed by atoms with E-state index < -0.39 is 0 Å². The normalized spacial score (nSPS) is 14.4. The number of carbonyl (C=O) groups excluding carboxylic acids is 1. The number of benzene rings is 1. The van der Waals surface area contributed by atoms with E-state index in [4.69, 9.17) is 9.47 Å². The average molecular weight is 257 g/mol. The standard InChI is InChI=1S/C15H15NO3/c1-18-15(17)12-6-7-16-14-5-4-11(8-13(12)14)19-9-10-2-3-10/h4-8,10H,2-3,9H2,1H3. The summed E-state index contributed by atoms with van der Waals surface area (Å²) in [7, 11) is 1.38. The number of nitrogens with zero attached hydrogens (tertiary/aromatic N) is 1. The van der Waals surface area contributed by atoms with Crippen molar-refractivity contribution in [3.05, 3.63) is 36.0 Å². The van der Waals surface area contributed by atoms with Gasteiger partial charge in [-0.2, -0.15) is 0 Å². The molecular formula is C15H15NO3. The van der Waals surface area contributed by atoms with Crippen LogP contribution in [0.25, 0.3) is 10.9 Å². The second kappa shape index (κ2) is 4.88. The molecule has 1 aliphatic rings. The SMILES string of the molecule is COC(=O)c1ccnc2ccc(OCC3CC3)cc12. The lowest BCUT2D eigenvalue weighted by atomic mass is 10.1. The summed E-state index contributed by atoms with van der Waals surface area (Å²) in [6.07, 6.45) is 4.12. The minimum atomic E-state index is -0.355. The Morgan fingerprint density at radius 2 is 2.21 bits per heavy atom. The van der Waals surface area contributed by atoms with Crippen LogP contribution in [-0.2, 0) is 4.74 Å². The minimum absolute atomic E-state index is 0.355. The molecule has 1 fully saturated rings. The molecule has 0 radical (unpaired) electrons. The number of methoxy groups -OCH3 is 1. The molecule has 0 bridgehead atoms. The number of fused-ring (bicyclic) bond motifs is 1. The van der Waals surface area contributed by atoms with Gasteiger partial charge in [0.25, 0.3) is 0 Å². The first kappa shape index (κ1) is 12.0. The molecule has 4 nitrogen and oxygen atoms in total. The van der Waals surface area contributed by atoms with Gasteiger partial charge < -0.3 is 9.47 Å². The Hall–Kier alpha value is -2.10. The summed E-state index contributed by atoms with van der Waals surface area (Å²) < 4.78 is 10.5. The highest BCUT2D eigenvalue weighted by atomic mass is 16.5. The van der Waals surface area contributed by atoms with Crippen LogP contribution in [0.4, 0.5) is 0 Å². The highest BCUT2D eigenvalue weighted by molar-refractivity contribution is 6.03. The Balaban J connectivity index is 1.96. The van der Waals surface area contributed by atoms with Gasteiger partial charge in [-0.1, -0.05) is 0 Å². The molecule has 0 aliphatic heterocycles. The third kappa shape index (κ3) is 2.52. The number of esters is 1. The highest BCUT2D eigenvalue weighted by Gasteiger charge is 2.22. The van der Waals surface area contributed by atoms with E-state index in [9.17, 15) is 4.79 Å². The Kier molecular flexibility index (Phi) is 3.07. The van der Waals surface area contributed by atoms with Crippen LogP contribution in [-0.4, -0.2) is 24.7 Å². The molecule has 1 saturated carbocycles. The predicted molar refractivity (Wildman–Crippen MR) is 71.3 cm³/mol. The lowest BCUT2D eigenvalue weighted by molar-refractivity contribution is 0.0603. The van der Waals surface area contributed by atoms with E-state index in [2.05, 4.69) is 4.98 Å². The van der Waals surface area contributed by atoms with Crippen molar-refractivity contribution in [3.8, 4) is 5.75 Å². The van der Waals surface area contributed by atoms with Crippen molar-refractivity contribution in [2.24, 2.45) is 5.92 Å². The van der Waals surface area contributed by atoms with Gasteiger partial charge >= 0.3 is 5.97 Å². The molecule has 1 aromatic heterocycles. The first-order valence-corrected chi connectivity index (χ1v) is 6.38. The summed E-state index contributed by atoms with van der Waals surface area (Å²) in [6.45, 7) is 0.749. The van der Waals surface area contributed by atoms with Crippen LogP contribution < -0.4 is 4.74 Å². The van der Waals surface area contributed by atoms with Crippen molar-refractivity contribution in [1.29, 1.82) is 0 Å². The number of pyridine rings is 1.